The Hall–Kier alpha value is -3.25. The Morgan fingerprint density at radius 3 is 2.42 bits per heavy atom. The zero-order chi connectivity index (χ0) is 22.2. The number of carbonyl (C=O) groups is 2. The summed E-state index contributed by atoms with van der Waals surface area (Å²) in [5, 5.41) is 3.59. The van der Waals surface area contributed by atoms with Crippen LogP contribution in [-0.2, 0) is 16.0 Å². The molecule has 0 bridgehead atoms. The first-order chi connectivity index (χ1) is 14.9. The van der Waals surface area contributed by atoms with E-state index in [0.29, 0.717) is 29.4 Å². The number of nitrogens with one attached hydrogen (secondary N) is 1. The maximum atomic E-state index is 12.6. The second-order valence-corrected chi connectivity index (χ2v) is 7.55. The molecule has 1 unspecified atom stereocenters. The average molecular weight is 438 g/mol. The highest BCUT2D eigenvalue weighted by Crippen LogP contribution is 2.23. The Morgan fingerprint density at radius 2 is 1.77 bits per heavy atom. The van der Waals surface area contributed by atoms with E-state index in [1.54, 1.807) is 13.8 Å². The van der Waals surface area contributed by atoms with Crippen molar-refractivity contribution < 1.29 is 14.3 Å². The van der Waals surface area contributed by atoms with Gasteiger partial charge in [-0.1, -0.05) is 48.0 Å². The summed E-state index contributed by atoms with van der Waals surface area (Å²) in [6.07, 6.45) is 3.49. The molecule has 3 rings (SSSR count). The normalized spacial score (nSPS) is 11.6. The summed E-state index contributed by atoms with van der Waals surface area (Å²) in [5.41, 5.74) is 3.39. The number of rotatable bonds is 8. The number of aromatic nitrogens is 2. The molecule has 1 N–H and O–H groups in total. The Morgan fingerprint density at radius 1 is 1.06 bits per heavy atom. The fourth-order valence-electron chi connectivity index (χ4n) is 3.16. The van der Waals surface area contributed by atoms with Gasteiger partial charge >= 0.3 is 5.97 Å². The van der Waals surface area contributed by atoms with Crippen LogP contribution in [0.5, 0.6) is 0 Å². The smallest absolute Gasteiger partial charge is 0.307 e. The van der Waals surface area contributed by atoms with Gasteiger partial charge in [-0.3, -0.25) is 9.59 Å². The summed E-state index contributed by atoms with van der Waals surface area (Å²) in [4.78, 5) is 32.8. The number of hydrogen-bond donors (Lipinski definition) is 1. The van der Waals surface area contributed by atoms with E-state index in [1.807, 2.05) is 48.5 Å². The zero-order valence-electron chi connectivity index (χ0n) is 17.5. The Labute approximate surface area is 186 Å². The minimum atomic E-state index is -0.426. The van der Waals surface area contributed by atoms with Gasteiger partial charge in [0.05, 0.1) is 18.6 Å². The Balaban J connectivity index is 1.73. The molecule has 1 atom stereocenters. The van der Waals surface area contributed by atoms with E-state index in [0.717, 1.165) is 16.7 Å². The molecule has 0 aliphatic carbocycles. The number of esters is 1. The van der Waals surface area contributed by atoms with E-state index >= 15 is 0 Å². The van der Waals surface area contributed by atoms with Crippen molar-refractivity contribution in [3.63, 3.8) is 0 Å². The molecule has 0 spiro atoms. The van der Waals surface area contributed by atoms with E-state index in [2.05, 4.69) is 15.3 Å². The van der Waals surface area contributed by atoms with Crippen molar-refractivity contribution in [1.29, 1.82) is 0 Å². The van der Waals surface area contributed by atoms with Crippen LogP contribution in [0.15, 0.2) is 60.9 Å². The Kier molecular flexibility index (Phi) is 7.73. The molecule has 0 saturated carbocycles. The summed E-state index contributed by atoms with van der Waals surface area (Å²) in [7, 11) is 0. The van der Waals surface area contributed by atoms with Crippen LogP contribution >= 0.6 is 11.6 Å². The number of halogens is 1. The zero-order valence-corrected chi connectivity index (χ0v) is 18.2. The molecule has 1 aromatic heterocycles. The maximum absolute atomic E-state index is 12.6. The van der Waals surface area contributed by atoms with Crippen molar-refractivity contribution in [2.24, 2.45) is 0 Å². The number of aryl methyl sites for hydroxylation is 1. The second kappa shape index (κ2) is 10.7. The van der Waals surface area contributed by atoms with Gasteiger partial charge in [0.25, 0.3) is 5.91 Å². The summed E-state index contributed by atoms with van der Waals surface area (Å²) in [6, 6.07) is 15.2. The lowest BCUT2D eigenvalue weighted by Crippen LogP contribution is -2.38. The van der Waals surface area contributed by atoms with Crippen LogP contribution in [0.1, 0.15) is 35.1 Å². The van der Waals surface area contributed by atoms with E-state index in [9.17, 15) is 9.59 Å². The first kappa shape index (κ1) is 22.4. The number of carbonyl (C=O) groups excluding carboxylic acids is 2. The van der Waals surface area contributed by atoms with Crippen LogP contribution in [0, 0.1) is 6.92 Å². The molecule has 1 heterocycles. The summed E-state index contributed by atoms with van der Waals surface area (Å²) in [6.45, 7) is 3.79. The van der Waals surface area contributed by atoms with Gasteiger partial charge in [0.2, 0.25) is 0 Å². The van der Waals surface area contributed by atoms with Gasteiger partial charge < -0.3 is 10.1 Å². The molecule has 7 heteroatoms. The molecule has 31 heavy (non-hydrogen) atoms. The molecular weight excluding hydrogens is 414 g/mol. The highest BCUT2D eigenvalue weighted by Gasteiger charge is 2.19. The van der Waals surface area contributed by atoms with Crippen molar-refractivity contribution >= 4 is 23.5 Å². The molecule has 0 radical (unpaired) electrons. The molecule has 1 amide bonds. The lowest BCUT2D eigenvalue weighted by atomic mass is 9.99. The van der Waals surface area contributed by atoms with Gasteiger partial charge in [-0.25, -0.2) is 9.97 Å². The van der Waals surface area contributed by atoms with E-state index in [-0.39, 0.29) is 18.3 Å². The third-order valence-electron chi connectivity index (χ3n) is 4.69. The van der Waals surface area contributed by atoms with Crippen molar-refractivity contribution in [2.45, 2.75) is 32.7 Å². The Bertz CT molecular complexity index is 1040. The molecular formula is C24H24ClN3O3. The minimum absolute atomic E-state index is 0.0718. The number of benzene rings is 2. The molecule has 160 valence electrons. The van der Waals surface area contributed by atoms with E-state index < -0.39 is 6.04 Å². The largest absolute Gasteiger partial charge is 0.466 e. The molecule has 0 fully saturated rings. The van der Waals surface area contributed by atoms with Crippen LogP contribution in [-0.4, -0.2) is 34.5 Å². The maximum Gasteiger partial charge on any atom is 0.307 e. The number of hydrogen-bond acceptors (Lipinski definition) is 5. The van der Waals surface area contributed by atoms with Gasteiger partial charge in [-0.15, -0.1) is 0 Å². The second-order valence-electron chi connectivity index (χ2n) is 7.11. The molecule has 3 aromatic rings. The average Bonchev–Trinajstić information content (AvgIpc) is 2.75. The van der Waals surface area contributed by atoms with Crippen molar-refractivity contribution in [1.82, 2.24) is 15.3 Å². The molecule has 0 saturated heterocycles. The van der Waals surface area contributed by atoms with Crippen molar-refractivity contribution in [3.05, 3.63) is 82.9 Å². The van der Waals surface area contributed by atoms with Crippen LogP contribution in [0.25, 0.3) is 11.1 Å². The van der Waals surface area contributed by atoms with Crippen LogP contribution in [0.2, 0.25) is 5.02 Å². The fourth-order valence-corrected chi connectivity index (χ4v) is 3.35. The molecule has 0 aliphatic heterocycles. The minimum Gasteiger partial charge on any atom is -0.466 e. The lowest BCUT2D eigenvalue weighted by Gasteiger charge is -2.18. The van der Waals surface area contributed by atoms with Crippen molar-refractivity contribution in [2.75, 3.05) is 6.61 Å². The fraction of sp³-hybridized carbons (Fsp3) is 0.250. The number of nitrogens with zero attached hydrogens (tertiary/aromatic N) is 2. The summed E-state index contributed by atoms with van der Waals surface area (Å²) >= 11 is 6.08. The lowest BCUT2D eigenvalue weighted by molar-refractivity contribution is -0.143. The van der Waals surface area contributed by atoms with Crippen LogP contribution < -0.4 is 5.32 Å². The topological polar surface area (TPSA) is 81.2 Å². The number of ether oxygens (including phenoxy) is 1. The van der Waals surface area contributed by atoms with Gasteiger partial charge in [-0.05, 0) is 49.1 Å². The predicted molar refractivity (Wildman–Crippen MR) is 120 cm³/mol. The van der Waals surface area contributed by atoms with Crippen LogP contribution in [0.3, 0.4) is 0 Å². The van der Waals surface area contributed by atoms with Gasteiger partial charge in [0.15, 0.2) is 0 Å². The molecule has 2 aromatic carbocycles. The quantitative estimate of drug-likeness (QED) is 0.528. The molecule has 0 aliphatic rings. The standard InChI is InChI=1S/C24H24ClN3O3/c1-3-31-23(29)13-22(28-24(30)20-14-26-16(2)27-15-20)11-17-7-9-18(10-8-17)19-5-4-6-21(25)12-19/h4-10,12,14-15,22H,3,11,13H2,1-2H3,(H,28,30). The SMILES string of the molecule is CCOC(=O)CC(Cc1ccc(-c2cccc(Cl)c2)cc1)NC(=O)c1cnc(C)nc1. The third-order valence-corrected chi connectivity index (χ3v) is 4.93. The van der Waals surface area contributed by atoms with Crippen molar-refractivity contribution in [3.8, 4) is 11.1 Å². The van der Waals surface area contributed by atoms with Gasteiger partial charge in [0.1, 0.15) is 5.82 Å². The van der Waals surface area contributed by atoms with Gasteiger partial charge in [-0.2, -0.15) is 0 Å². The highest BCUT2D eigenvalue weighted by atomic mass is 35.5. The highest BCUT2D eigenvalue weighted by molar-refractivity contribution is 6.30. The monoisotopic (exact) mass is 437 g/mol. The predicted octanol–water partition coefficient (Wildman–Crippen LogP) is 4.40. The van der Waals surface area contributed by atoms with Crippen LogP contribution in [0.4, 0.5) is 0 Å². The summed E-state index contributed by atoms with van der Waals surface area (Å²) < 4.78 is 5.07. The number of amides is 1. The first-order valence-electron chi connectivity index (χ1n) is 10.0. The van der Waals surface area contributed by atoms with Gasteiger partial charge in [0, 0.05) is 23.5 Å². The van der Waals surface area contributed by atoms with E-state index in [1.165, 1.54) is 12.4 Å². The van der Waals surface area contributed by atoms with E-state index in [4.69, 9.17) is 16.3 Å². The first-order valence-corrected chi connectivity index (χ1v) is 10.4. The molecule has 6 nitrogen and oxygen atoms in total. The third kappa shape index (κ3) is 6.62. The summed E-state index contributed by atoms with van der Waals surface area (Å²) in [5.74, 6) is -0.104.